The van der Waals surface area contributed by atoms with Crippen molar-refractivity contribution in [3.05, 3.63) is 29.9 Å². The van der Waals surface area contributed by atoms with Crippen LogP contribution in [0.1, 0.15) is 43.6 Å². The number of Topliss-reactive ketones (excluding diaryl/α,β-unsaturated/α-hetero) is 1. The monoisotopic (exact) mass is 257 g/mol. The maximum atomic E-state index is 11.7. The molecule has 1 atom stereocenters. The summed E-state index contributed by atoms with van der Waals surface area (Å²) in [6.45, 7) is 2.06. The molecule has 19 heavy (non-hydrogen) atoms. The highest BCUT2D eigenvalue weighted by Crippen LogP contribution is 2.31. The van der Waals surface area contributed by atoms with E-state index in [1.165, 1.54) is 0 Å². The van der Waals surface area contributed by atoms with Gasteiger partial charge in [0.1, 0.15) is 5.78 Å². The fourth-order valence-electron chi connectivity index (χ4n) is 2.49. The minimum absolute atomic E-state index is 0.201. The highest BCUT2D eigenvalue weighted by atomic mass is 16.5. The third-order valence-electron chi connectivity index (χ3n) is 3.57. The Morgan fingerprint density at radius 3 is 3.11 bits per heavy atom. The Morgan fingerprint density at radius 2 is 2.37 bits per heavy atom. The minimum Gasteiger partial charge on any atom is -0.338 e. The number of aromatic nitrogens is 3. The van der Waals surface area contributed by atoms with Crippen molar-refractivity contribution in [1.82, 2.24) is 15.1 Å². The van der Waals surface area contributed by atoms with Gasteiger partial charge in [-0.3, -0.25) is 9.78 Å². The summed E-state index contributed by atoms with van der Waals surface area (Å²) in [5.74, 6) is 1.01. The largest absolute Gasteiger partial charge is 0.338 e. The molecule has 2 aromatic rings. The summed E-state index contributed by atoms with van der Waals surface area (Å²) in [7, 11) is 0. The Balaban J connectivity index is 1.95. The second kappa shape index (κ2) is 4.91. The van der Waals surface area contributed by atoms with Gasteiger partial charge in [-0.1, -0.05) is 12.1 Å². The average Bonchev–Trinajstić information content (AvgIpc) is 3.07. The molecule has 0 aliphatic heterocycles. The number of pyridine rings is 1. The first-order chi connectivity index (χ1) is 9.29. The van der Waals surface area contributed by atoms with Crippen LogP contribution in [0.25, 0.3) is 11.4 Å². The Bertz CT molecular complexity index is 606. The molecule has 3 rings (SSSR count). The Kier molecular flexibility index (Phi) is 3.11. The van der Waals surface area contributed by atoms with Crippen molar-refractivity contribution in [2.24, 2.45) is 0 Å². The van der Waals surface area contributed by atoms with E-state index in [9.17, 15) is 4.79 Å². The molecule has 98 valence electrons. The van der Waals surface area contributed by atoms with Crippen LogP contribution in [-0.2, 0) is 11.2 Å². The van der Waals surface area contributed by atoms with E-state index in [4.69, 9.17) is 4.52 Å². The lowest BCUT2D eigenvalue weighted by atomic mass is 10.1. The number of hydrogen-bond acceptors (Lipinski definition) is 5. The molecule has 0 radical (unpaired) electrons. The SMILES string of the molecule is CCc1cnccc1-c1noc(C2CCCC2=O)n1. The predicted molar refractivity (Wildman–Crippen MR) is 68.5 cm³/mol. The van der Waals surface area contributed by atoms with E-state index >= 15 is 0 Å². The predicted octanol–water partition coefficient (Wildman–Crippen LogP) is 2.53. The molecule has 0 amide bonds. The van der Waals surface area contributed by atoms with Crippen molar-refractivity contribution in [2.45, 2.75) is 38.5 Å². The van der Waals surface area contributed by atoms with Gasteiger partial charge in [0.05, 0.1) is 5.92 Å². The molecule has 0 saturated heterocycles. The molecule has 1 unspecified atom stereocenters. The van der Waals surface area contributed by atoms with E-state index in [-0.39, 0.29) is 11.7 Å². The summed E-state index contributed by atoms with van der Waals surface area (Å²) in [4.78, 5) is 20.2. The summed E-state index contributed by atoms with van der Waals surface area (Å²) in [5, 5.41) is 4.01. The van der Waals surface area contributed by atoms with E-state index in [0.29, 0.717) is 18.1 Å². The molecule has 1 fully saturated rings. The molecule has 0 N–H and O–H groups in total. The third kappa shape index (κ3) is 2.16. The normalized spacial score (nSPS) is 19.0. The number of aryl methyl sites for hydroxylation is 1. The number of carbonyl (C=O) groups excluding carboxylic acids is 1. The van der Waals surface area contributed by atoms with Crippen LogP contribution in [-0.4, -0.2) is 20.9 Å². The van der Waals surface area contributed by atoms with E-state index in [1.54, 1.807) is 6.20 Å². The number of rotatable bonds is 3. The van der Waals surface area contributed by atoms with Crippen LogP contribution >= 0.6 is 0 Å². The van der Waals surface area contributed by atoms with Gasteiger partial charge < -0.3 is 4.52 Å². The summed E-state index contributed by atoms with van der Waals surface area (Å²) in [5.41, 5.74) is 2.01. The summed E-state index contributed by atoms with van der Waals surface area (Å²) >= 11 is 0. The van der Waals surface area contributed by atoms with Crippen LogP contribution in [0, 0.1) is 0 Å². The molecule has 0 bridgehead atoms. The second-order valence-corrected chi connectivity index (χ2v) is 4.75. The molecule has 5 nitrogen and oxygen atoms in total. The van der Waals surface area contributed by atoms with Crippen LogP contribution in [0.2, 0.25) is 0 Å². The minimum atomic E-state index is -0.201. The van der Waals surface area contributed by atoms with E-state index in [2.05, 4.69) is 22.0 Å². The van der Waals surface area contributed by atoms with Crippen molar-refractivity contribution in [3.63, 3.8) is 0 Å². The summed E-state index contributed by atoms with van der Waals surface area (Å²) in [6.07, 6.45) is 6.73. The van der Waals surface area contributed by atoms with E-state index in [1.807, 2.05) is 12.3 Å². The lowest BCUT2D eigenvalue weighted by Gasteiger charge is -2.01. The van der Waals surface area contributed by atoms with Crippen LogP contribution in [0.4, 0.5) is 0 Å². The second-order valence-electron chi connectivity index (χ2n) is 4.75. The van der Waals surface area contributed by atoms with Crippen molar-refractivity contribution in [3.8, 4) is 11.4 Å². The molecule has 1 saturated carbocycles. The quantitative estimate of drug-likeness (QED) is 0.845. The van der Waals surface area contributed by atoms with Crippen molar-refractivity contribution in [2.75, 3.05) is 0 Å². The summed E-state index contributed by atoms with van der Waals surface area (Å²) in [6, 6.07) is 1.88. The Labute approximate surface area is 111 Å². The van der Waals surface area contributed by atoms with Gasteiger partial charge in [0.25, 0.3) is 0 Å². The van der Waals surface area contributed by atoms with Crippen molar-refractivity contribution >= 4 is 5.78 Å². The van der Waals surface area contributed by atoms with Crippen LogP contribution in [0.5, 0.6) is 0 Å². The topological polar surface area (TPSA) is 68.9 Å². The molecule has 5 heteroatoms. The van der Waals surface area contributed by atoms with Crippen molar-refractivity contribution < 1.29 is 9.32 Å². The van der Waals surface area contributed by atoms with Crippen molar-refractivity contribution in [1.29, 1.82) is 0 Å². The zero-order valence-electron chi connectivity index (χ0n) is 10.8. The number of carbonyl (C=O) groups is 1. The maximum absolute atomic E-state index is 11.7. The number of hydrogen-bond donors (Lipinski definition) is 0. The maximum Gasteiger partial charge on any atom is 0.237 e. The molecular formula is C14H15N3O2. The first-order valence-corrected chi connectivity index (χ1v) is 6.59. The van der Waals surface area contributed by atoms with Gasteiger partial charge in [0.15, 0.2) is 0 Å². The lowest BCUT2D eigenvalue weighted by Crippen LogP contribution is -2.04. The Hall–Kier alpha value is -2.04. The fraction of sp³-hybridized carbons (Fsp3) is 0.429. The molecule has 2 heterocycles. The fourth-order valence-corrected chi connectivity index (χ4v) is 2.49. The van der Waals surface area contributed by atoms with Crippen LogP contribution in [0.3, 0.4) is 0 Å². The highest BCUT2D eigenvalue weighted by Gasteiger charge is 2.31. The number of ketones is 1. The van der Waals surface area contributed by atoms with Gasteiger partial charge in [-0.15, -0.1) is 0 Å². The third-order valence-corrected chi connectivity index (χ3v) is 3.57. The standard InChI is InChI=1S/C14H15N3O2/c1-2-9-8-15-7-6-10(9)13-16-14(19-17-13)11-4-3-5-12(11)18/h6-8,11H,2-5H2,1H3. The van der Waals surface area contributed by atoms with Gasteiger partial charge in [0, 0.05) is 24.4 Å². The number of nitrogens with zero attached hydrogens (tertiary/aromatic N) is 3. The van der Waals surface area contributed by atoms with Gasteiger partial charge in [0.2, 0.25) is 11.7 Å². The smallest absolute Gasteiger partial charge is 0.237 e. The van der Waals surface area contributed by atoms with Gasteiger partial charge >= 0.3 is 0 Å². The zero-order valence-corrected chi connectivity index (χ0v) is 10.8. The van der Waals surface area contributed by atoms with Gasteiger partial charge in [-0.2, -0.15) is 4.98 Å². The summed E-state index contributed by atoms with van der Waals surface area (Å²) < 4.78 is 5.27. The first-order valence-electron chi connectivity index (χ1n) is 6.59. The Morgan fingerprint density at radius 1 is 1.47 bits per heavy atom. The average molecular weight is 257 g/mol. The van der Waals surface area contributed by atoms with Crippen LogP contribution < -0.4 is 0 Å². The van der Waals surface area contributed by atoms with Crippen LogP contribution in [0.15, 0.2) is 23.0 Å². The zero-order chi connectivity index (χ0) is 13.2. The van der Waals surface area contributed by atoms with Gasteiger partial charge in [-0.05, 0) is 30.9 Å². The molecular weight excluding hydrogens is 242 g/mol. The molecule has 2 aromatic heterocycles. The molecule has 0 spiro atoms. The molecule has 1 aliphatic rings. The molecule has 0 aromatic carbocycles. The van der Waals surface area contributed by atoms with E-state index in [0.717, 1.165) is 30.4 Å². The lowest BCUT2D eigenvalue weighted by molar-refractivity contribution is -0.119. The van der Waals surface area contributed by atoms with Gasteiger partial charge in [-0.25, -0.2) is 0 Å². The molecule has 1 aliphatic carbocycles. The first kappa shape index (κ1) is 12.0. The van der Waals surface area contributed by atoms with E-state index < -0.39 is 0 Å². The highest BCUT2D eigenvalue weighted by molar-refractivity contribution is 5.86.